The molecule has 23 heavy (non-hydrogen) atoms. The van der Waals surface area contributed by atoms with Gasteiger partial charge in [-0.25, -0.2) is 0 Å². The van der Waals surface area contributed by atoms with E-state index in [9.17, 15) is 4.79 Å². The molecule has 5 nitrogen and oxygen atoms in total. The van der Waals surface area contributed by atoms with Crippen molar-refractivity contribution in [3.63, 3.8) is 0 Å². The van der Waals surface area contributed by atoms with E-state index in [0.717, 1.165) is 31.0 Å². The number of unbranched alkanes of at least 4 members (excludes halogenated alkanes) is 3. The molecule has 0 atom stereocenters. The zero-order valence-corrected chi connectivity index (χ0v) is 14.6. The highest BCUT2D eigenvalue weighted by Gasteiger charge is 2.04. The molecular weight excluding hydrogens is 288 g/mol. The number of rotatable bonds is 9. The molecule has 1 amide bonds. The van der Waals surface area contributed by atoms with Crippen LogP contribution in [0.5, 0.6) is 0 Å². The average Bonchev–Trinajstić information content (AvgIpc) is 2.59. The highest BCUT2D eigenvalue weighted by Crippen LogP contribution is 2.05. The van der Waals surface area contributed by atoms with E-state index in [4.69, 9.17) is 0 Å². The molecular formula is C18H30N4O. The van der Waals surface area contributed by atoms with Crippen LogP contribution in [0.15, 0.2) is 29.3 Å². The molecule has 0 aromatic heterocycles. The first-order valence-corrected chi connectivity index (χ1v) is 8.46. The maximum atomic E-state index is 11.6. The lowest BCUT2D eigenvalue weighted by molar-refractivity contribution is 0.0963. The summed E-state index contributed by atoms with van der Waals surface area (Å²) in [4.78, 5) is 15.9. The normalized spacial score (nSPS) is 11.2. The molecule has 0 radical (unpaired) electrons. The van der Waals surface area contributed by atoms with Gasteiger partial charge in [0, 0.05) is 32.7 Å². The second-order valence-corrected chi connectivity index (χ2v) is 5.52. The van der Waals surface area contributed by atoms with Gasteiger partial charge in [0.15, 0.2) is 5.96 Å². The largest absolute Gasteiger partial charge is 0.356 e. The molecule has 0 saturated heterocycles. The van der Waals surface area contributed by atoms with Gasteiger partial charge in [-0.15, -0.1) is 0 Å². The van der Waals surface area contributed by atoms with Gasteiger partial charge >= 0.3 is 0 Å². The highest BCUT2D eigenvalue weighted by atomic mass is 16.1. The first kappa shape index (κ1) is 19.0. The fraction of sp³-hybridized carbons (Fsp3) is 0.556. The van der Waals surface area contributed by atoms with Gasteiger partial charge in [0.05, 0.1) is 0 Å². The van der Waals surface area contributed by atoms with Gasteiger partial charge in [-0.1, -0.05) is 38.3 Å². The van der Waals surface area contributed by atoms with Crippen molar-refractivity contribution in [2.24, 2.45) is 4.99 Å². The Hall–Kier alpha value is -2.04. The van der Waals surface area contributed by atoms with Crippen molar-refractivity contribution < 1.29 is 4.79 Å². The third-order valence-corrected chi connectivity index (χ3v) is 3.67. The minimum absolute atomic E-state index is 0.0515. The van der Waals surface area contributed by atoms with E-state index in [1.54, 1.807) is 14.1 Å². The van der Waals surface area contributed by atoms with Gasteiger partial charge in [0.2, 0.25) is 0 Å². The maximum Gasteiger partial charge on any atom is 0.251 e. The van der Waals surface area contributed by atoms with Gasteiger partial charge in [0.25, 0.3) is 5.91 Å². The van der Waals surface area contributed by atoms with Crippen LogP contribution in [-0.4, -0.2) is 39.1 Å². The summed E-state index contributed by atoms with van der Waals surface area (Å²) in [6.45, 7) is 3.95. The summed E-state index contributed by atoms with van der Waals surface area (Å²) < 4.78 is 0. The number of amides is 1. The molecule has 0 heterocycles. The number of aliphatic imine (C=N–C) groups is 1. The summed E-state index contributed by atoms with van der Waals surface area (Å²) in [5.41, 5.74) is 1.83. The Labute approximate surface area is 140 Å². The SMILES string of the molecule is CCCCCCNC(=NC)NCCc1cccc(C(=O)NC)c1. The maximum absolute atomic E-state index is 11.6. The van der Waals surface area contributed by atoms with Crippen molar-refractivity contribution in [3.8, 4) is 0 Å². The highest BCUT2D eigenvalue weighted by molar-refractivity contribution is 5.94. The average molecular weight is 318 g/mol. The molecule has 0 unspecified atom stereocenters. The zero-order valence-electron chi connectivity index (χ0n) is 14.6. The molecule has 1 aromatic rings. The smallest absolute Gasteiger partial charge is 0.251 e. The van der Waals surface area contributed by atoms with Crippen LogP contribution in [0.2, 0.25) is 0 Å². The van der Waals surface area contributed by atoms with E-state index in [2.05, 4.69) is 27.9 Å². The van der Waals surface area contributed by atoms with E-state index in [1.165, 1.54) is 25.7 Å². The lowest BCUT2D eigenvalue weighted by Gasteiger charge is -2.12. The van der Waals surface area contributed by atoms with Gasteiger partial charge in [-0.2, -0.15) is 0 Å². The number of hydrogen-bond donors (Lipinski definition) is 3. The summed E-state index contributed by atoms with van der Waals surface area (Å²) in [6, 6.07) is 7.71. The lowest BCUT2D eigenvalue weighted by atomic mass is 10.1. The molecule has 3 N–H and O–H groups in total. The fourth-order valence-corrected chi connectivity index (χ4v) is 2.32. The monoisotopic (exact) mass is 318 g/mol. The Balaban J connectivity index is 2.33. The van der Waals surface area contributed by atoms with Crippen molar-refractivity contribution in [1.82, 2.24) is 16.0 Å². The van der Waals surface area contributed by atoms with Gasteiger partial charge in [0.1, 0.15) is 0 Å². The molecule has 0 spiro atoms. The molecule has 5 heteroatoms. The van der Waals surface area contributed by atoms with Crippen LogP contribution < -0.4 is 16.0 Å². The van der Waals surface area contributed by atoms with Crippen LogP contribution in [-0.2, 0) is 6.42 Å². The summed E-state index contributed by atoms with van der Waals surface area (Å²) in [7, 11) is 3.43. The van der Waals surface area contributed by atoms with Crippen LogP contribution in [0.1, 0.15) is 48.5 Å². The van der Waals surface area contributed by atoms with Crippen molar-refractivity contribution in [2.75, 3.05) is 27.2 Å². The fourth-order valence-electron chi connectivity index (χ4n) is 2.32. The first-order valence-electron chi connectivity index (χ1n) is 8.46. The van der Waals surface area contributed by atoms with Crippen LogP contribution in [0, 0.1) is 0 Å². The van der Waals surface area contributed by atoms with Gasteiger partial charge in [-0.3, -0.25) is 9.79 Å². The minimum atomic E-state index is -0.0515. The third kappa shape index (κ3) is 7.68. The predicted octanol–water partition coefficient (Wildman–Crippen LogP) is 2.33. The van der Waals surface area contributed by atoms with E-state index in [0.29, 0.717) is 5.56 Å². The quantitative estimate of drug-likeness (QED) is 0.372. The van der Waals surface area contributed by atoms with Gasteiger partial charge < -0.3 is 16.0 Å². The molecule has 0 saturated carbocycles. The number of nitrogens with zero attached hydrogens (tertiary/aromatic N) is 1. The van der Waals surface area contributed by atoms with Gasteiger partial charge in [-0.05, 0) is 30.5 Å². The topological polar surface area (TPSA) is 65.5 Å². The molecule has 128 valence electrons. The van der Waals surface area contributed by atoms with E-state index >= 15 is 0 Å². The minimum Gasteiger partial charge on any atom is -0.356 e. The third-order valence-electron chi connectivity index (χ3n) is 3.67. The Bertz CT molecular complexity index is 500. The second kappa shape index (κ2) is 11.5. The van der Waals surface area contributed by atoms with Crippen LogP contribution in [0.4, 0.5) is 0 Å². The molecule has 0 aliphatic heterocycles. The van der Waals surface area contributed by atoms with Crippen LogP contribution in [0.25, 0.3) is 0 Å². The van der Waals surface area contributed by atoms with Crippen molar-refractivity contribution in [2.45, 2.75) is 39.0 Å². The Morgan fingerprint density at radius 1 is 1.13 bits per heavy atom. The van der Waals surface area contributed by atoms with Crippen LogP contribution in [0.3, 0.4) is 0 Å². The molecule has 1 aromatic carbocycles. The van der Waals surface area contributed by atoms with E-state index in [1.807, 2.05) is 24.3 Å². The van der Waals surface area contributed by atoms with Crippen molar-refractivity contribution in [1.29, 1.82) is 0 Å². The Morgan fingerprint density at radius 3 is 2.61 bits per heavy atom. The van der Waals surface area contributed by atoms with Crippen LogP contribution >= 0.6 is 0 Å². The number of carbonyl (C=O) groups is 1. The van der Waals surface area contributed by atoms with E-state index in [-0.39, 0.29) is 5.91 Å². The Morgan fingerprint density at radius 2 is 1.91 bits per heavy atom. The predicted molar refractivity (Wildman–Crippen MR) is 97.0 cm³/mol. The molecule has 0 bridgehead atoms. The van der Waals surface area contributed by atoms with Crippen molar-refractivity contribution in [3.05, 3.63) is 35.4 Å². The Kier molecular flexibility index (Phi) is 9.52. The number of guanidine groups is 1. The molecule has 0 fully saturated rings. The zero-order chi connectivity index (χ0) is 16.9. The number of nitrogens with one attached hydrogen (secondary N) is 3. The molecule has 0 aliphatic carbocycles. The standard InChI is InChI=1S/C18H30N4O/c1-4-5-6-7-12-21-18(20-3)22-13-11-15-9-8-10-16(14-15)17(23)19-2/h8-10,14H,4-7,11-13H2,1-3H3,(H,19,23)(H2,20,21,22). The number of benzene rings is 1. The van der Waals surface area contributed by atoms with E-state index < -0.39 is 0 Å². The lowest BCUT2D eigenvalue weighted by Crippen LogP contribution is -2.38. The summed E-state index contributed by atoms with van der Waals surface area (Å²) in [5.74, 6) is 0.785. The van der Waals surface area contributed by atoms with Crippen molar-refractivity contribution >= 4 is 11.9 Å². The second-order valence-electron chi connectivity index (χ2n) is 5.52. The molecule has 0 aliphatic rings. The summed E-state index contributed by atoms with van der Waals surface area (Å²) in [6.07, 6.45) is 5.81. The summed E-state index contributed by atoms with van der Waals surface area (Å²) in [5, 5.41) is 9.28. The molecule has 1 rings (SSSR count). The number of hydrogen-bond acceptors (Lipinski definition) is 2. The first-order chi connectivity index (χ1) is 11.2. The number of carbonyl (C=O) groups excluding carboxylic acids is 1. The summed E-state index contributed by atoms with van der Waals surface area (Å²) >= 11 is 0.